The lowest BCUT2D eigenvalue weighted by atomic mass is 10.1. The van der Waals surface area contributed by atoms with E-state index in [1.54, 1.807) is 0 Å². The maximum Gasteiger partial charge on any atom is 0.130 e. The first-order valence-electron chi connectivity index (χ1n) is 5.22. The molecule has 1 fully saturated rings. The monoisotopic (exact) mass is 191 g/mol. The predicted octanol–water partition coefficient (Wildman–Crippen LogP) is 1.37. The molecule has 2 rings (SSSR count). The number of aryl methyl sites for hydroxylation is 2. The van der Waals surface area contributed by atoms with E-state index in [0.717, 1.165) is 29.6 Å². The van der Waals surface area contributed by atoms with Crippen molar-refractivity contribution in [2.75, 3.05) is 0 Å². The van der Waals surface area contributed by atoms with Crippen LogP contribution in [-0.4, -0.2) is 16.0 Å². The highest BCUT2D eigenvalue weighted by Gasteiger charge is 2.28. The summed E-state index contributed by atoms with van der Waals surface area (Å²) in [5.74, 6) is 1.63. The van der Waals surface area contributed by atoms with E-state index in [9.17, 15) is 0 Å². The second-order valence-electron chi connectivity index (χ2n) is 4.27. The highest BCUT2D eigenvalue weighted by Crippen LogP contribution is 2.32. The van der Waals surface area contributed by atoms with Crippen LogP contribution in [0, 0.1) is 19.8 Å². The van der Waals surface area contributed by atoms with Gasteiger partial charge in [0.2, 0.25) is 0 Å². The van der Waals surface area contributed by atoms with Crippen molar-refractivity contribution in [3.8, 4) is 0 Å². The number of rotatable bonds is 3. The zero-order chi connectivity index (χ0) is 10.1. The van der Waals surface area contributed by atoms with Gasteiger partial charge in [0.1, 0.15) is 5.82 Å². The van der Waals surface area contributed by atoms with Gasteiger partial charge in [-0.1, -0.05) is 0 Å². The van der Waals surface area contributed by atoms with E-state index in [1.807, 2.05) is 19.9 Å². The first kappa shape index (κ1) is 9.59. The first-order chi connectivity index (χ1) is 6.65. The minimum Gasteiger partial charge on any atom is -0.327 e. The first-order valence-corrected chi connectivity index (χ1v) is 5.22. The van der Waals surface area contributed by atoms with Gasteiger partial charge in [-0.05, 0) is 38.7 Å². The Morgan fingerprint density at radius 1 is 1.36 bits per heavy atom. The lowest BCUT2D eigenvalue weighted by Crippen LogP contribution is -2.26. The second kappa shape index (κ2) is 3.65. The van der Waals surface area contributed by atoms with Crippen LogP contribution in [-0.2, 0) is 6.42 Å². The van der Waals surface area contributed by atoms with Gasteiger partial charge in [0.05, 0.1) is 0 Å². The summed E-state index contributed by atoms with van der Waals surface area (Å²) < 4.78 is 0. The summed E-state index contributed by atoms with van der Waals surface area (Å²) in [6.07, 6.45) is 3.39. The lowest BCUT2D eigenvalue weighted by molar-refractivity contribution is 0.573. The summed E-state index contributed by atoms with van der Waals surface area (Å²) >= 11 is 0. The molecule has 0 saturated heterocycles. The molecule has 1 heterocycles. The van der Waals surface area contributed by atoms with Crippen LogP contribution in [0.15, 0.2) is 6.07 Å². The Morgan fingerprint density at radius 3 is 2.43 bits per heavy atom. The van der Waals surface area contributed by atoms with Gasteiger partial charge in [0, 0.05) is 23.9 Å². The number of hydrogen-bond donors (Lipinski definition) is 1. The molecule has 1 aromatic rings. The van der Waals surface area contributed by atoms with E-state index in [2.05, 4.69) is 9.97 Å². The van der Waals surface area contributed by atoms with Crippen LogP contribution in [0.5, 0.6) is 0 Å². The van der Waals surface area contributed by atoms with E-state index in [4.69, 9.17) is 5.73 Å². The summed E-state index contributed by atoms with van der Waals surface area (Å²) in [7, 11) is 0. The molecule has 1 aromatic heterocycles. The number of aromatic nitrogens is 2. The maximum atomic E-state index is 6.03. The smallest absolute Gasteiger partial charge is 0.130 e. The Morgan fingerprint density at radius 2 is 1.93 bits per heavy atom. The Bertz CT molecular complexity index is 311. The molecule has 2 N–H and O–H groups in total. The van der Waals surface area contributed by atoms with Crippen LogP contribution in [0.4, 0.5) is 0 Å². The van der Waals surface area contributed by atoms with E-state index >= 15 is 0 Å². The molecule has 3 heteroatoms. The molecule has 0 aromatic carbocycles. The van der Waals surface area contributed by atoms with Crippen molar-refractivity contribution in [1.82, 2.24) is 9.97 Å². The second-order valence-corrected chi connectivity index (χ2v) is 4.27. The van der Waals surface area contributed by atoms with Crippen LogP contribution < -0.4 is 5.73 Å². The van der Waals surface area contributed by atoms with E-state index in [1.165, 1.54) is 12.8 Å². The van der Waals surface area contributed by atoms with Crippen molar-refractivity contribution in [3.05, 3.63) is 23.3 Å². The summed E-state index contributed by atoms with van der Waals surface area (Å²) in [5.41, 5.74) is 8.11. The fourth-order valence-electron chi connectivity index (χ4n) is 1.79. The van der Waals surface area contributed by atoms with Crippen molar-refractivity contribution >= 4 is 0 Å². The zero-order valence-electron chi connectivity index (χ0n) is 8.83. The molecule has 0 spiro atoms. The molecular weight excluding hydrogens is 174 g/mol. The largest absolute Gasteiger partial charge is 0.327 e. The van der Waals surface area contributed by atoms with Gasteiger partial charge in [-0.3, -0.25) is 0 Å². The standard InChI is InChI=1S/C11H17N3/c1-7-5-8(2)14-11(13-7)6-10(12)9-3-4-9/h5,9-10H,3-4,6,12H2,1-2H3. The van der Waals surface area contributed by atoms with Gasteiger partial charge in [0.25, 0.3) is 0 Å². The number of hydrogen-bond acceptors (Lipinski definition) is 3. The highest BCUT2D eigenvalue weighted by atomic mass is 14.9. The van der Waals surface area contributed by atoms with Crippen molar-refractivity contribution in [2.45, 2.75) is 39.2 Å². The average Bonchev–Trinajstić information content (AvgIpc) is 2.82. The van der Waals surface area contributed by atoms with Crippen LogP contribution in [0.2, 0.25) is 0 Å². The van der Waals surface area contributed by atoms with E-state index < -0.39 is 0 Å². The SMILES string of the molecule is Cc1cc(C)nc(CC(N)C2CC2)n1. The third-order valence-corrected chi connectivity index (χ3v) is 2.67. The molecule has 1 unspecified atom stereocenters. The molecule has 1 saturated carbocycles. The van der Waals surface area contributed by atoms with Crippen LogP contribution >= 0.6 is 0 Å². The molecule has 76 valence electrons. The van der Waals surface area contributed by atoms with Crippen LogP contribution in [0.25, 0.3) is 0 Å². The van der Waals surface area contributed by atoms with Crippen LogP contribution in [0.3, 0.4) is 0 Å². The molecule has 0 amide bonds. The van der Waals surface area contributed by atoms with Crippen molar-refractivity contribution in [2.24, 2.45) is 11.7 Å². The average molecular weight is 191 g/mol. The van der Waals surface area contributed by atoms with Crippen LogP contribution in [0.1, 0.15) is 30.1 Å². The quantitative estimate of drug-likeness (QED) is 0.785. The molecule has 1 aliphatic rings. The molecule has 0 aliphatic heterocycles. The van der Waals surface area contributed by atoms with Gasteiger partial charge < -0.3 is 5.73 Å². The molecule has 1 atom stereocenters. The van der Waals surface area contributed by atoms with E-state index in [0.29, 0.717) is 0 Å². The Labute approximate surface area is 84.8 Å². The molecule has 0 bridgehead atoms. The molecule has 3 nitrogen and oxygen atoms in total. The maximum absolute atomic E-state index is 6.03. The fraction of sp³-hybridized carbons (Fsp3) is 0.636. The summed E-state index contributed by atoms with van der Waals surface area (Å²) in [6.45, 7) is 4.00. The number of nitrogens with zero attached hydrogens (tertiary/aromatic N) is 2. The third-order valence-electron chi connectivity index (χ3n) is 2.67. The predicted molar refractivity (Wildman–Crippen MR) is 55.9 cm³/mol. The molecular formula is C11H17N3. The van der Waals surface area contributed by atoms with Crippen molar-refractivity contribution < 1.29 is 0 Å². The Balaban J connectivity index is 2.07. The van der Waals surface area contributed by atoms with E-state index in [-0.39, 0.29) is 6.04 Å². The van der Waals surface area contributed by atoms with Crippen molar-refractivity contribution in [1.29, 1.82) is 0 Å². The van der Waals surface area contributed by atoms with Gasteiger partial charge in [-0.15, -0.1) is 0 Å². The normalized spacial score (nSPS) is 18.2. The minimum absolute atomic E-state index is 0.260. The topological polar surface area (TPSA) is 51.8 Å². The molecule has 0 radical (unpaired) electrons. The fourth-order valence-corrected chi connectivity index (χ4v) is 1.79. The Kier molecular flexibility index (Phi) is 2.50. The summed E-state index contributed by atoms with van der Waals surface area (Å²) in [6, 6.07) is 2.25. The Hall–Kier alpha value is -0.960. The summed E-state index contributed by atoms with van der Waals surface area (Å²) in [5, 5.41) is 0. The van der Waals surface area contributed by atoms with Gasteiger partial charge in [-0.25, -0.2) is 9.97 Å². The minimum atomic E-state index is 0.260. The third kappa shape index (κ3) is 2.29. The summed E-state index contributed by atoms with van der Waals surface area (Å²) in [4.78, 5) is 8.79. The lowest BCUT2D eigenvalue weighted by Gasteiger charge is -2.09. The van der Waals surface area contributed by atoms with Crippen molar-refractivity contribution in [3.63, 3.8) is 0 Å². The van der Waals surface area contributed by atoms with Gasteiger partial charge in [0.15, 0.2) is 0 Å². The number of nitrogens with two attached hydrogens (primary N) is 1. The van der Waals surface area contributed by atoms with Gasteiger partial charge >= 0.3 is 0 Å². The van der Waals surface area contributed by atoms with Gasteiger partial charge in [-0.2, -0.15) is 0 Å². The zero-order valence-corrected chi connectivity index (χ0v) is 8.83. The highest BCUT2D eigenvalue weighted by molar-refractivity contribution is 5.09. The molecule has 14 heavy (non-hydrogen) atoms. The molecule has 1 aliphatic carbocycles.